The second kappa shape index (κ2) is 8.00. The summed E-state index contributed by atoms with van der Waals surface area (Å²) in [4.78, 5) is 18.6. The van der Waals surface area contributed by atoms with Gasteiger partial charge < -0.3 is 10.6 Å². The first-order chi connectivity index (χ1) is 14.5. The van der Waals surface area contributed by atoms with Gasteiger partial charge in [-0.2, -0.15) is 5.10 Å². The number of carbonyl (C=O) groups excluding carboxylic acids is 1. The van der Waals surface area contributed by atoms with Crippen molar-refractivity contribution in [2.75, 3.05) is 19.0 Å². The van der Waals surface area contributed by atoms with Crippen LogP contribution in [0.15, 0.2) is 78.0 Å². The molecule has 30 heavy (non-hydrogen) atoms. The first-order valence-corrected chi connectivity index (χ1v) is 9.70. The molecule has 2 heterocycles. The molecule has 0 aliphatic carbocycles. The molecule has 2 N–H and O–H groups in total. The minimum absolute atomic E-state index is 0.116. The van der Waals surface area contributed by atoms with Crippen molar-refractivity contribution in [2.24, 2.45) is 10.7 Å². The average Bonchev–Trinajstić information content (AvgIpc) is 3.21. The third-order valence-electron chi connectivity index (χ3n) is 5.02. The van der Waals surface area contributed by atoms with Gasteiger partial charge >= 0.3 is 0 Å². The first-order valence-electron chi connectivity index (χ1n) is 9.32. The number of nitrogens with zero attached hydrogens (tertiary/aromatic N) is 4. The molecule has 0 aliphatic rings. The molecule has 4 aromatic rings. The van der Waals surface area contributed by atoms with Crippen LogP contribution in [0.25, 0.3) is 16.6 Å². The van der Waals surface area contributed by atoms with Gasteiger partial charge in [0.2, 0.25) is 0 Å². The number of halogens is 1. The van der Waals surface area contributed by atoms with Crippen molar-refractivity contribution in [2.45, 2.75) is 0 Å². The van der Waals surface area contributed by atoms with Crippen LogP contribution in [-0.2, 0) is 0 Å². The minimum Gasteiger partial charge on any atom is -0.384 e. The van der Waals surface area contributed by atoms with Crippen LogP contribution in [0.3, 0.4) is 0 Å². The lowest BCUT2D eigenvalue weighted by atomic mass is 10.0. The monoisotopic (exact) mass is 417 g/mol. The number of hydrogen-bond acceptors (Lipinski definition) is 3. The number of amidine groups is 1. The fraction of sp³-hybridized carbons (Fsp3) is 0.0870. The van der Waals surface area contributed by atoms with Crippen molar-refractivity contribution < 1.29 is 4.79 Å². The summed E-state index contributed by atoms with van der Waals surface area (Å²) >= 11 is 5.95. The lowest BCUT2D eigenvalue weighted by Crippen LogP contribution is -2.26. The van der Waals surface area contributed by atoms with E-state index in [0.29, 0.717) is 16.4 Å². The van der Waals surface area contributed by atoms with E-state index >= 15 is 0 Å². The zero-order chi connectivity index (χ0) is 21.3. The van der Waals surface area contributed by atoms with Crippen LogP contribution in [0.2, 0.25) is 5.02 Å². The maximum atomic E-state index is 13.0. The lowest BCUT2D eigenvalue weighted by molar-refractivity contribution is 0.0993. The molecule has 0 fully saturated rings. The number of rotatable bonds is 4. The Kier molecular flexibility index (Phi) is 5.25. The van der Waals surface area contributed by atoms with Gasteiger partial charge in [0.25, 0.3) is 5.91 Å². The van der Waals surface area contributed by atoms with Gasteiger partial charge in [0.15, 0.2) is 0 Å². The van der Waals surface area contributed by atoms with E-state index in [0.717, 1.165) is 27.9 Å². The van der Waals surface area contributed by atoms with Crippen LogP contribution in [0.4, 0.5) is 5.69 Å². The van der Waals surface area contributed by atoms with Crippen LogP contribution in [-0.4, -0.2) is 35.5 Å². The largest absolute Gasteiger partial charge is 0.384 e. The molecule has 0 saturated carbocycles. The number of amides is 1. The van der Waals surface area contributed by atoms with Crippen molar-refractivity contribution in [1.29, 1.82) is 0 Å². The predicted molar refractivity (Wildman–Crippen MR) is 121 cm³/mol. The maximum absolute atomic E-state index is 13.0. The van der Waals surface area contributed by atoms with Crippen LogP contribution < -0.4 is 10.6 Å². The fourth-order valence-corrected chi connectivity index (χ4v) is 3.39. The van der Waals surface area contributed by atoms with Crippen molar-refractivity contribution in [1.82, 2.24) is 9.61 Å². The number of aliphatic imine (C=N–C) groups is 1. The Bertz CT molecular complexity index is 1240. The van der Waals surface area contributed by atoms with Crippen molar-refractivity contribution >= 4 is 34.5 Å². The third kappa shape index (κ3) is 3.65. The topological polar surface area (TPSA) is 76.0 Å². The van der Waals surface area contributed by atoms with Crippen molar-refractivity contribution in [3.8, 4) is 11.1 Å². The minimum atomic E-state index is -0.116. The summed E-state index contributed by atoms with van der Waals surface area (Å²) in [5.41, 5.74) is 10.8. The Morgan fingerprint density at radius 3 is 2.43 bits per heavy atom. The average molecular weight is 418 g/mol. The normalized spacial score (nSPS) is 11.6. The number of aromatic nitrogens is 2. The number of nitrogens with two attached hydrogens (primary N) is 1. The Labute approximate surface area is 179 Å². The van der Waals surface area contributed by atoms with Gasteiger partial charge in [-0.25, -0.2) is 4.52 Å². The Balaban J connectivity index is 1.69. The summed E-state index contributed by atoms with van der Waals surface area (Å²) in [6.07, 6.45) is 3.58. The molecule has 4 rings (SSSR count). The SMILES string of the molecule is CN=C(N)c1ccc(-c2cnn3ccc(C(=O)N(C)c4ccc(Cl)cc4)cc23)cc1. The second-order valence-electron chi connectivity index (χ2n) is 6.83. The van der Waals surface area contributed by atoms with E-state index in [-0.39, 0.29) is 5.91 Å². The predicted octanol–water partition coefficient (Wildman–Crippen LogP) is 4.27. The smallest absolute Gasteiger partial charge is 0.258 e. The Morgan fingerprint density at radius 2 is 1.77 bits per heavy atom. The highest BCUT2D eigenvalue weighted by atomic mass is 35.5. The van der Waals surface area contributed by atoms with Crippen molar-refractivity contribution in [3.63, 3.8) is 0 Å². The third-order valence-corrected chi connectivity index (χ3v) is 5.27. The molecule has 0 spiro atoms. The van der Waals surface area contributed by atoms with E-state index in [2.05, 4.69) is 10.1 Å². The summed E-state index contributed by atoms with van der Waals surface area (Å²) in [7, 11) is 3.40. The highest BCUT2D eigenvalue weighted by Crippen LogP contribution is 2.26. The number of carbonyl (C=O) groups is 1. The van der Waals surface area contributed by atoms with E-state index in [4.69, 9.17) is 17.3 Å². The number of benzene rings is 2. The van der Waals surface area contributed by atoms with Gasteiger partial charge in [0, 0.05) is 47.7 Å². The molecule has 1 amide bonds. The molecule has 0 atom stereocenters. The summed E-state index contributed by atoms with van der Waals surface area (Å²) in [5.74, 6) is 0.369. The highest BCUT2D eigenvalue weighted by molar-refractivity contribution is 6.30. The molecular weight excluding hydrogens is 398 g/mol. The van der Waals surface area contributed by atoms with E-state index in [1.807, 2.05) is 42.5 Å². The van der Waals surface area contributed by atoms with Gasteiger partial charge in [-0.05, 0) is 42.0 Å². The van der Waals surface area contributed by atoms with Gasteiger partial charge in [0.1, 0.15) is 5.84 Å². The standard InChI is InChI=1S/C23H20ClN5O/c1-26-22(25)16-5-3-15(4-6-16)20-14-27-29-12-11-17(13-21(20)29)23(30)28(2)19-9-7-18(24)8-10-19/h3-14H,1-2H3,(H2,25,26). The van der Waals surface area contributed by atoms with Crippen LogP contribution >= 0.6 is 11.6 Å². The van der Waals surface area contributed by atoms with Gasteiger partial charge in [-0.3, -0.25) is 9.79 Å². The summed E-state index contributed by atoms with van der Waals surface area (Å²) < 4.78 is 1.75. The van der Waals surface area contributed by atoms with Crippen LogP contribution in [0, 0.1) is 0 Å². The number of anilines is 1. The molecular formula is C23H20ClN5O. The molecule has 0 bridgehead atoms. The van der Waals surface area contributed by atoms with Gasteiger partial charge in [-0.1, -0.05) is 35.9 Å². The van der Waals surface area contributed by atoms with E-state index in [1.54, 1.807) is 54.1 Å². The second-order valence-corrected chi connectivity index (χ2v) is 7.27. The molecule has 0 saturated heterocycles. The molecule has 0 unspecified atom stereocenters. The Morgan fingerprint density at radius 1 is 1.07 bits per heavy atom. The molecule has 7 heteroatoms. The van der Waals surface area contributed by atoms with E-state index in [9.17, 15) is 4.79 Å². The molecule has 2 aromatic heterocycles. The summed E-state index contributed by atoms with van der Waals surface area (Å²) in [5, 5.41) is 5.04. The molecule has 6 nitrogen and oxygen atoms in total. The molecule has 0 aliphatic heterocycles. The zero-order valence-corrected chi connectivity index (χ0v) is 17.3. The lowest BCUT2D eigenvalue weighted by Gasteiger charge is -2.17. The summed E-state index contributed by atoms with van der Waals surface area (Å²) in [6.45, 7) is 0. The summed E-state index contributed by atoms with van der Waals surface area (Å²) in [6, 6.07) is 18.6. The van der Waals surface area contributed by atoms with Crippen LogP contribution in [0.5, 0.6) is 0 Å². The molecule has 150 valence electrons. The Hall–Kier alpha value is -3.64. The van der Waals surface area contributed by atoms with E-state index in [1.165, 1.54) is 0 Å². The number of hydrogen-bond donors (Lipinski definition) is 1. The number of fused-ring (bicyclic) bond motifs is 1. The highest BCUT2D eigenvalue weighted by Gasteiger charge is 2.16. The molecule has 0 radical (unpaired) electrons. The van der Waals surface area contributed by atoms with E-state index < -0.39 is 0 Å². The zero-order valence-electron chi connectivity index (χ0n) is 16.6. The molecule has 2 aromatic carbocycles. The van der Waals surface area contributed by atoms with Crippen molar-refractivity contribution in [3.05, 3.63) is 89.2 Å². The van der Waals surface area contributed by atoms with Gasteiger partial charge in [-0.15, -0.1) is 0 Å². The maximum Gasteiger partial charge on any atom is 0.258 e. The number of pyridine rings is 1. The van der Waals surface area contributed by atoms with Crippen LogP contribution in [0.1, 0.15) is 15.9 Å². The quantitative estimate of drug-likeness (QED) is 0.398. The first kappa shape index (κ1) is 19.7. The fourth-order valence-electron chi connectivity index (χ4n) is 3.26. The van der Waals surface area contributed by atoms with Gasteiger partial charge in [0.05, 0.1) is 11.7 Å².